The first-order valence-electron chi connectivity index (χ1n) is 5.75. The summed E-state index contributed by atoms with van der Waals surface area (Å²) in [7, 11) is 0. The lowest BCUT2D eigenvalue weighted by molar-refractivity contribution is 0.0788. The molecule has 0 bridgehead atoms. The van der Waals surface area contributed by atoms with Gasteiger partial charge in [-0.05, 0) is 31.0 Å². The molecular weight excluding hydrogens is 232 g/mol. The molecule has 0 saturated heterocycles. The number of likely N-dealkylation sites (N-methyl/N-ethyl adjacent to an activating group) is 1. The van der Waals surface area contributed by atoms with Crippen molar-refractivity contribution in [2.24, 2.45) is 5.73 Å². The molecule has 0 spiro atoms. The predicted molar refractivity (Wildman–Crippen MR) is 74.2 cm³/mol. The molecule has 1 aromatic rings. The third-order valence-corrected chi connectivity index (χ3v) is 2.75. The minimum atomic E-state index is -0.0250. The lowest BCUT2D eigenvalue weighted by Gasteiger charge is -2.20. The molecule has 2 N–H and O–H groups in total. The molecule has 17 heavy (non-hydrogen) atoms. The Bertz CT molecular complexity index is 400. The second-order valence-electron chi connectivity index (χ2n) is 3.84. The first-order valence-corrected chi connectivity index (χ1v) is 6.15. The van der Waals surface area contributed by atoms with Crippen LogP contribution in [-0.2, 0) is 6.42 Å². The van der Waals surface area contributed by atoms with Crippen LogP contribution >= 0.6 is 12.2 Å². The smallest absolute Gasteiger partial charge is 0.254 e. The van der Waals surface area contributed by atoms with Gasteiger partial charge >= 0.3 is 0 Å². The maximum absolute atomic E-state index is 12.1. The number of benzene rings is 1. The molecule has 1 rings (SSSR count). The molecule has 0 atom stereocenters. The SMILES string of the molecule is CCc1ccc(C(=O)N(CC)CC(N)=S)cc1. The van der Waals surface area contributed by atoms with Crippen LogP contribution in [0, 0.1) is 0 Å². The Balaban J connectivity index is 2.82. The molecule has 0 saturated carbocycles. The van der Waals surface area contributed by atoms with Crippen LogP contribution in [0.1, 0.15) is 29.8 Å². The van der Waals surface area contributed by atoms with E-state index in [2.05, 4.69) is 6.92 Å². The third kappa shape index (κ3) is 3.82. The number of thiocarbonyl (C=S) groups is 1. The topological polar surface area (TPSA) is 46.3 Å². The summed E-state index contributed by atoms with van der Waals surface area (Å²) in [4.78, 5) is 14.1. The molecule has 0 heterocycles. The summed E-state index contributed by atoms with van der Waals surface area (Å²) in [6, 6.07) is 7.65. The summed E-state index contributed by atoms with van der Waals surface area (Å²) in [6.07, 6.45) is 0.971. The first kappa shape index (κ1) is 13.6. The van der Waals surface area contributed by atoms with Crippen LogP contribution in [0.15, 0.2) is 24.3 Å². The highest BCUT2D eigenvalue weighted by Crippen LogP contribution is 2.08. The summed E-state index contributed by atoms with van der Waals surface area (Å²) in [6.45, 7) is 4.94. The summed E-state index contributed by atoms with van der Waals surface area (Å²) in [5.41, 5.74) is 7.37. The Kier molecular flexibility index (Phi) is 5.10. The van der Waals surface area contributed by atoms with Gasteiger partial charge in [0.1, 0.15) is 0 Å². The van der Waals surface area contributed by atoms with Gasteiger partial charge in [-0.3, -0.25) is 4.79 Å². The Labute approximate surface area is 108 Å². The largest absolute Gasteiger partial charge is 0.392 e. The summed E-state index contributed by atoms with van der Waals surface area (Å²) < 4.78 is 0. The Morgan fingerprint density at radius 2 is 1.88 bits per heavy atom. The van der Waals surface area contributed by atoms with E-state index in [4.69, 9.17) is 18.0 Å². The van der Waals surface area contributed by atoms with Crippen LogP contribution in [0.25, 0.3) is 0 Å². The van der Waals surface area contributed by atoms with Crippen LogP contribution in [0.5, 0.6) is 0 Å². The molecule has 0 fully saturated rings. The van der Waals surface area contributed by atoms with Crippen LogP contribution in [0.3, 0.4) is 0 Å². The molecule has 1 amide bonds. The number of nitrogens with zero attached hydrogens (tertiary/aromatic N) is 1. The van der Waals surface area contributed by atoms with E-state index in [1.165, 1.54) is 5.56 Å². The number of amides is 1. The number of carbonyl (C=O) groups is 1. The highest BCUT2D eigenvalue weighted by atomic mass is 32.1. The molecule has 0 unspecified atom stereocenters. The predicted octanol–water partition coefficient (Wildman–Crippen LogP) is 2.00. The molecule has 92 valence electrons. The number of carbonyl (C=O) groups excluding carboxylic acids is 1. The van der Waals surface area contributed by atoms with E-state index < -0.39 is 0 Å². The Morgan fingerprint density at radius 1 is 1.29 bits per heavy atom. The maximum Gasteiger partial charge on any atom is 0.254 e. The fourth-order valence-electron chi connectivity index (χ4n) is 1.58. The fourth-order valence-corrected chi connectivity index (χ4v) is 1.74. The van der Waals surface area contributed by atoms with E-state index in [9.17, 15) is 4.79 Å². The van der Waals surface area contributed by atoms with Gasteiger partial charge in [0.05, 0.1) is 11.5 Å². The zero-order chi connectivity index (χ0) is 12.8. The van der Waals surface area contributed by atoms with Crippen molar-refractivity contribution in [2.75, 3.05) is 13.1 Å². The average Bonchev–Trinajstić information content (AvgIpc) is 2.35. The van der Waals surface area contributed by atoms with E-state index in [0.717, 1.165) is 6.42 Å². The zero-order valence-electron chi connectivity index (χ0n) is 10.3. The normalized spacial score (nSPS) is 10.0. The van der Waals surface area contributed by atoms with Gasteiger partial charge in [0.15, 0.2) is 0 Å². The van der Waals surface area contributed by atoms with Gasteiger partial charge < -0.3 is 10.6 Å². The quantitative estimate of drug-likeness (QED) is 0.813. The molecule has 0 aromatic heterocycles. The zero-order valence-corrected chi connectivity index (χ0v) is 11.1. The highest BCUT2D eigenvalue weighted by Gasteiger charge is 2.14. The molecular formula is C13H18N2OS. The molecule has 4 heteroatoms. The molecule has 0 aliphatic rings. The number of aryl methyl sites for hydroxylation is 1. The van der Waals surface area contributed by atoms with Crippen molar-refractivity contribution >= 4 is 23.1 Å². The van der Waals surface area contributed by atoms with Gasteiger partial charge in [-0.1, -0.05) is 31.3 Å². The van der Waals surface area contributed by atoms with Gasteiger partial charge in [0.2, 0.25) is 0 Å². The maximum atomic E-state index is 12.1. The number of nitrogens with two attached hydrogens (primary N) is 1. The minimum absolute atomic E-state index is 0.0250. The van der Waals surface area contributed by atoms with Gasteiger partial charge in [-0.25, -0.2) is 0 Å². The van der Waals surface area contributed by atoms with E-state index in [1.807, 2.05) is 31.2 Å². The van der Waals surface area contributed by atoms with Crippen molar-refractivity contribution in [3.05, 3.63) is 35.4 Å². The second-order valence-corrected chi connectivity index (χ2v) is 4.36. The molecule has 0 aliphatic carbocycles. The highest BCUT2D eigenvalue weighted by molar-refractivity contribution is 7.80. The first-order chi connectivity index (χ1) is 8.08. The Hall–Kier alpha value is -1.42. The van der Waals surface area contributed by atoms with Crippen LogP contribution in [-0.4, -0.2) is 28.9 Å². The monoisotopic (exact) mass is 250 g/mol. The Morgan fingerprint density at radius 3 is 2.29 bits per heavy atom. The number of hydrogen-bond donors (Lipinski definition) is 1. The third-order valence-electron chi connectivity index (χ3n) is 2.62. The van der Waals surface area contributed by atoms with Crippen molar-refractivity contribution < 1.29 is 4.79 Å². The fraction of sp³-hybridized carbons (Fsp3) is 0.385. The van der Waals surface area contributed by atoms with Crippen molar-refractivity contribution in [1.29, 1.82) is 0 Å². The van der Waals surface area contributed by atoms with Crippen LogP contribution in [0.2, 0.25) is 0 Å². The van der Waals surface area contributed by atoms with E-state index in [1.54, 1.807) is 4.90 Å². The van der Waals surface area contributed by atoms with Gasteiger partial charge in [-0.2, -0.15) is 0 Å². The summed E-state index contributed by atoms with van der Waals surface area (Å²) >= 11 is 4.83. The molecule has 0 radical (unpaired) electrons. The van der Waals surface area contributed by atoms with Crippen molar-refractivity contribution in [3.8, 4) is 0 Å². The van der Waals surface area contributed by atoms with Crippen molar-refractivity contribution in [3.63, 3.8) is 0 Å². The van der Waals surface area contributed by atoms with Crippen molar-refractivity contribution in [1.82, 2.24) is 4.90 Å². The van der Waals surface area contributed by atoms with E-state index in [-0.39, 0.29) is 5.91 Å². The lowest BCUT2D eigenvalue weighted by Crippen LogP contribution is -2.37. The lowest BCUT2D eigenvalue weighted by atomic mass is 10.1. The molecule has 1 aromatic carbocycles. The summed E-state index contributed by atoms with van der Waals surface area (Å²) in [5, 5.41) is 0. The van der Waals surface area contributed by atoms with Crippen molar-refractivity contribution in [2.45, 2.75) is 20.3 Å². The van der Waals surface area contributed by atoms with Crippen LogP contribution < -0.4 is 5.73 Å². The standard InChI is InChI=1S/C13H18N2OS/c1-3-10-5-7-11(8-6-10)13(16)15(4-2)9-12(14)17/h5-8H,3-4,9H2,1-2H3,(H2,14,17). The van der Waals surface area contributed by atoms with Crippen LogP contribution in [0.4, 0.5) is 0 Å². The van der Waals surface area contributed by atoms with Gasteiger partial charge in [0.25, 0.3) is 5.91 Å². The minimum Gasteiger partial charge on any atom is -0.392 e. The van der Waals surface area contributed by atoms with Gasteiger partial charge in [-0.15, -0.1) is 0 Å². The number of rotatable bonds is 5. The van der Waals surface area contributed by atoms with E-state index >= 15 is 0 Å². The molecule has 3 nitrogen and oxygen atoms in total. The van der Waals surface area contributed by atoms with E-state index in [0.29, 0.717) is 23.6 Å². The number of hydrogen-bond acceptors (Lipinski definition) is 2. The second kappa shape index (κ2) is 6.35. The average molecular weight is 250 g/mol. The molecule has 0 aliphatic heterocycles. The van der Waals surface area contributed by atoms with Gasteiger partial charge in [0, 0.05) is 12.1 Å². The summed E-state index contributed by atoms with van der Waals surface area (Å²) in [5.74, 6) is -0.0250.